The smallest absolute Gasteiger partial charge is 0.249 e. The van der Waals surface area contributed by atoms with Gasteiger partial charge < -0.3 is 14.4 Å². The summed E-state index contributed by atoms with van der Waals surface area (Å²) in [6.07, 6.45) is 1.99. The zero-order valence-electron chi connectivity index (χ0n) is 13.8. The first-order valence-electron chi connectivity index (χ1n) is 8.10. The number of thiazole rings is 1. The van der Waals surface area contributed by atoms with Gasteiger partial charge in [-0.2, -0.15) is 0 Å². The van der Waals surface area contributed by atoms with E-state index in [1.165, 1.54) is 0 Å². The van der Waals surface area contributed by atoms with E-state index in [9.17, 15) is 8.42 Å². The molecule has 9 heteroatoms. The highest BCUT2D eigenvalue weighted by Crippen LogP contribution is 2.42. The summed E-state index contributed by atoms with van der Waals surface area (Å²) in [5, 5.41) is 5.98. The maximum absolute atomic E-state index is 11.7. The molecule has 3 heterocycles. The summed E-state index contributed by atoms with van der Waals surface area (Å²) in [5.41, 5.74) is 1.57. The van der Waals surface area contributed by atoms with Gasteiger partial charge in [-0.1, -0.05) is 17.4 Å². The fourth-order valence-electron chi connectivity index (χ4n) is 3.36. The largest absolute Gasteiger partial charge is 0.486 e. The Morgan fingerprint density at radius 1 is 1.28 bits per heavy atom. The summed E-state index contributed by atoms with van der Waals surface area (Å²) in [6, 6.07) is 6.12. The average Bonchev–Trinajstić information content (AvgIpc) is 3.20. The molecule has 1 fully saturated rings. The van der Waals surface area contributed by atoms with Gasteiger partial charge in [-0.25, -0.2) is 18.5 Å². The molecule has 1 saturated heterocycles. The topological polar surface area (TPSA) is 94.8 Å². The van der Waals surface area contributed by atoms with Crippen molar-refractivity contribution in [3.05, 3.63) is 29.5 Å². The van der Waals surface area contributed by atoms with Crippen LogP contribution in [0.4, 0.5) is 5.13 Å². The van der Waals surface area contributed by atoms with Crippen LogP contribution >= 0.6 is 11.3 Å². The van der Waals surface area contributed by atoms with Gasteiger partial charge >= 0.3 is 0 Å². The van der Waals surface area contributed by atoms with Gasteiger partial charge in [-0.15, -0.1) is 0 Å². The van der Waals surface area contributed by atoms with Crippen LogP contribution in [0, 0.1) is 6.92 Å². The third-order valence-electron chi connectivity index (χ3n) is 4.45. The Bertz CT molecular complexity index is 910. The number of fused-ring (bicyclic) bond motifs is 1. The fraction of sp³-hybridized carbons (Fsp3) is 0.438. The Kier molecular flexibility index (Phi) is 4.09. The van der Waals surface area contributed by atoms with Crippen LogP contribution in [-0.4, -0.2) is 33.2 Å². The molecule has 1 unspecified atom stereocenters. The van der Waals surface area contributed by atoms with Gasteiger partial charge in [0.15, 0.2) is 20.8 Å². The number of hydrogen-bond acceptors (Lipinski definition) is 7. The molecule has 25 heavy (non-hydrogen) atoms. The lowest BCUT2D eigenvalue weighted by Gasteiger charge is -2.26. The number of sulfonamides is 1. The summed E-state index contributed by atoms with van der Waals surface area (Å²) < 4.78 is 34.8. The second-order valence-electron chi connectivity index (χ2n) is 6.17. The van der Waals surface area contributed by atoms with Gasteiger partial charge in [0.2, 0.25) is 10.0 Å². The summed E-state index contributed by atoms with van der Waals surface area (Å²) in [7, 11) is -3.74. The van der Waals surface area contributed by atoms with E-state index >= 15 is 0 Å². The van der Waals surface area contributed by atoms with E-state index in [1.54, 1.807) is 6.92 Å². The molecule has 2 N–H and O–H groups in total. The summed E-state index contributed by atoms with van der Waals surface area (Å²) in [4.78, 5) is 6.60. The van der Waals surface area contributed by atoms with Crippen LogP contribution in [0.3, 0.4) is 0 Å². The number of benzene rings is 1. The second kappa shape index (κ2) is 6.15. The first kappa shape index (κ1) is 16.6. The Labute approximate surface area is 150 Å². The van der Waals surface area contributed by atoms with Gasteiger partial charge in [-0.05, 0) is 37.5 Å². The summed E-state index contributed by atoms with van der Waals surface area (Å²) in [6.45, 7) is 3.62. The van der Waals surface area contributed by atoms with E-state index in [2.05, 4.69) is 9.88 Å². The summed E-state index contributed by atoms with van der Waals surface area (Å²) >= 11 is 1.14. The van der Waals surface area contributed by atoms with E-state index in [4.69, 9.17) is 14.6 Å². The van der Waals surface area contributed by atoms with Crippen LogP contribution in [0.5, 0.6) is 11.5 Å². The van der Waals surface area contributed by atoms with Crippen LogP contribution < -0.4 is 19.5 Å². The predicted octanol–water partition coefficient (Wildman–Crippen LogP) is 2.21. The molecule has 2 aliphatic heterocycles. The minimum Gasteiger partial charge on any atom is -0.486 e. The molecule has 0 bridgehead atoms. The van der Waals surface area contributed by atoms with Crippen molar-refractivity contribution in [2.24, 2.45) is 5.14 Å². The standard InChI is InChI=1S/C16H19N3O4S2/c1-10-15(25(17,20)21)24-16(18-10)19-6-2-3-12(19)11-4-5-13-14(9-11)23-8-7-22-13/h4-5,9,12H,2-3,6-8H2,1H3,(H2,17,20,21). The Balaban J connectivity index is 1.67. The molecule has 1 aromatic heterocycles. The molecule has 4 rings (SSSR count). The van der Waals surface area contributed by atoms with Crippen molar-refractivity contribution in [2.75, 3.05) is 24.7 Å². The molecule has 0 spiro atoms. The van der Waals surface area contributed by atoms with Gasteiger partial charge in [0, 0.05) is 6.54 Å². The third-order valence-corrected chi connectivity index (χ3v) is 7.20. The average molecular weight is 381 g/mol. The molecule has 0 amide bonds. The quantitative estimate of drug-likeness (QED) is 0.876. The Morgan fingerprint density at radius 2 is 2.04 bits per heavy atom. The monoisotopic (exact) mass is 381 g/mol. The lowest BCUT2D eigenvalue weighted by Crippen LogP contribution is -2.23. The fourth-order valence-corrected chi connectivity index (χ4v) is 5.39. The summed E-state index contributed by atoms with van der Waals surface area (Å²) in [5.74, 6) is 1.53. The minimum atomic E-state index is -3.74. The van der Waals surface area contributed by atoms with Crippen molar-refractivity contribution in [3.63, 3.8) is 0 Å². The van der Waals surface area contributed by atoms with Crippen LogP contribution in [0.2, 0.25) is 0 Å². The molecule has 2 aliphatic rings. The number of hydrogen-bond donors (Lipinski definition) is 1. The first-order valence-corrected chi connectivity index (χ1v) is 10.5. The SMILES string of the molecule is Cc1nc(N2CCCC2c2ccc3c(c2)OCCO3)sc1S(N)(=O)=O. The Morgan fingerprint density at radius 3 is 2.76 bits per heavy atom. The highest BCUT2D eigenvalue weighted by molar-refractivity contribution is 7.91. The molecule has 0 saturated carbocycles. The first-order chi connectivity index (χ1) is 11.9. The predicted molar refractivity (Wildman–Crippen MR) is 95.0 cm³/mol. The molecular formula is C16H19N3O4S2. The molecule has 1 aromatic carbocycles. The maximum atomic E-state index is 11.7. The molecular weight excluding hydrogens is 362 g/mol. The molecule has 1 atom stereocenters. The van der Waals surface area contributed by atoms with E-state index in [1.807, 2.05) is 18.2 Å². The van der Waals surface area contributed by atoms with Crippen molar-refractivity contribution in [1.29, 1.82) is 0 Å². The molecule has 2 aromatic rings. The van der Waals surface area contributed by atoms with Crippen LogP contribution in [0.25, 0.3) is 0 Å². The van der Waals surface area contributed by atoms with Crippen LogP contribution in [0.1, 0.15) is 30.1 Å². The van der Waals surface area contributed by atoms with Gasteiger partial charge in [0.05, 0.1) is 11.7 Å². The molecule has 0 radical (unpaired) electrons. The minimum absolute atomic E-state index is 0.134. The number of rotatable bonds is 3. The number of aryl methyl sites for hydroxylation is 1. The highest BCUT2D eigenvalue weighted by atomic mass is 32.2. The van der Waals surface area contributed by atoms with Crippen molar-refractivity contribution in [2.45, 2.75) is 30.0 Å². The van der Waals surface area contributed by atoms with Crippen molar-refractivity contribution in [3.8, 4) is 11.5 Å². The van der Waals surface area contributed by atoms with Gasteiger partial charge in [0.25, 0.3) is 0 Å². The highest BCUT2D eigenvalue weighted by Gasteiger charge is 2.31. The van der Waals surface area contributed by atoms with E-state index < -0.39 is 10.0 Å². The van der Waals surface area contributed by atoms with Crippen molar-refractivity contribution < 1.29 is 17.9 Å². The number of nitrogens with zero attached hydrogens (tertiary/aromatic N) is 2. The molecule has 7 nitrogen and oxygen atoms in total. The maximum Gasteiger partial charge on any atom is 0.249 e. The third kappa shape index (κ3) is 3.07. The number of aromatic nitrogens is 1. The second-order valence-corrected chi connectivity index (χ2v) is 8.90. The van der Waals surface area contributed by atoms with Gasteiger partial charge in [-0.3, -0.25) is 0 Å². The number of ether oxygens (including phenoxy) is 2. The number of anilines is 1. The van der Waals surface area contributed by atoms with E-state index in [-0.39, 0.29) is 10.3 Å². The van der Waals surface area contributed by atoms with Crippen LogP contribution in [-0.2, 0) is 10.0 Å². The molecule has 0 aliphatic carbocycles. The van der Waals surface area contributed by atoms with Crippen molar-refractivity contribution in [1.82, 2.24) is 4.98 Å². The van der Waals surface area contributed by atoms with Gasteiger partial charge in [0.1, 0.15) is 13.2 Å². The van der Waals surface area contributed by atoms with Crippen LogP contribution in [0.15, 0.2) is 22.4 Å². The number of nitrogens with two attached hydrogens (primary N) is 1. The normalized spacial score (nSPS) is 20.1. The zero-order chi connectivity index (χ0) is 17.6. The van der Waals surface area contributed by atoms with E-state index in [0.717, 1.165) is 47.8 Å². The Hall–Kier alpha value is -1.84. The number of primary sulfonamides is 1. The van der Waals surface area contributed by atoms with E-state index in [0.29, 0.717) is 24.0 Å². The van der Waals surface area contributed by atoms with Crippen molar-refractivity contribution >= 4 is 26.5 Å². The lowest BCUT2D eigenvalue weighted by molar-refractivity contribution is 0.171. The zero-order valence-corrected chi connectivity index (χ0v) is 15.4. The lowest BCUT2D eigenvalue weighted by atomic mass is 10.0. The molecule has 134 valence electrons.